The number of pyridine rings is 2. The van der Waals surface area contributed by atoms with E-state index < -0.39 is 39.3 Å². The van der Waals surface area contributed by atoms with Crippen LogP contribution in [0.25, 0.3) is 22.3 Å². The quantitative estimate of drug-likeness (QED) is 0.169. The third-order valence-electron chi connectivity index (χ3n) is 10.0. The average Bonchev–Trinajstić information content (AvgIpc) is 3.34. The van der Waals surface area contributed by atoms with Gasteiger partial charge in [0.15, 0.2) is 0 Å². The van der Waals surface area contributed by atoms with Gasteiger partial charge < -0.3 is 24.1 Å². The molecule has 1 N–H and O–H groups in total. The normalized spacial score (nSPS) is 17.9. The van der Waals surface area contributed by atoms with Gasteiger partial charge in [-0.25, -0.2) is 24.6 Å². The fraction of sp³-hybridized carbons (Fsp3) is 0.528. The molecule has 0 aliphatic carbocycles. The standard InChI is InChI=1S/C36H47N3O7S/c1-11-36(45-28(40)16-17-37-33(43)46-34(4,5)6)25-18-27-29-23(19-39(27)31(41)24(25)20-44-32(36)42)30(22-14-12-13-15-26(22)38-29)47(9,10)35(7,8)21(2)3/h12-15,18,21H,11,16-17,19-20H2,1-10H3,(H,37,43)/t36-/m0/s1. The van der Waals surface area contributed by atoms with Crippen molar-refractivity contribution >= 4 is 39.0 Å². The minimum Gasteiger partial charge on any atom is -0.457 e. The van der Waals surface area contributed by atoms with Gasteiger partial charge >= 0.3 is 18.0 Å². The number of nitrogens with zero attached hydrogens (tertiary/aromatic N) is 2. The van der Waals surface area contributed by atoms with E-state index in [4.69, 9.17) is 19.2 Å². The molecule has 47 heavy (non-hydrogen) atoms. The molecule has 0 radical (unpaired) electrons. The maximum atomic E-state index is 14.2. The van der Waals surface area contributed by atoms with Crippen LogP contribution in [0, 0.1) is 5.92 Å². The van der Waals surface area contributed by atoms with Crippen molar-refractivity contribution in [2.75, 3.05) is 19.1 Å². The highest BCUT2D eigenvalue weighted by atomic mass is 32.3. The maximum Gasteiger partial charge on any atom is 0.407 e. The van der Waals surface area contributed by atoms with Crippen molar-refractivity contribution in [3.8, 4) is 11.4 Å². The Morgan fingerprint density at radius 2 is 1.79 bits per heavy atom. The molecule has 2 aliphatic rings. The lowest BCUT2D eigenvalue weighted by Crippen LogP contribution is -2.47. The molecule has 1 atom stereocenters. The number of fused-ring (bicyclic) bond motifs is 5. The van der Waals surface area contributed by atoms with E-state index in [1.165, 1.54) is 4.90 Å². The summed E-state index contributed by atoms with van der Waals surface area (Å²) in [5, 5.41) is 3.62. The zero-order valence-corrected chi connectivity index (χ0v) is 30.0. The topological polar surface area (TPSA) is 126 Å². The van der Waals surface area contributed by atoms with Gasteiger partial charge in [-0.15, -0.1) is 0 Å². The predicted molar refractivity (Wildman–Crippen MR) is 184 cm³/mol. The fourth-order valence-corrected chi connectivity index (χ4v) is 9.61. The molecule has 0 unspecified atom stereocenters. The number of amides is 1. The van der Waals surface area contributed by atoms with Crippen molar-refractivity contribution in [2.24, 2.45) is 5.92 Å². The second kappa shape index (κ2) is 12.0. The van der Waals surface area contributed by atoms with Crippen LogP contribution >= 0.6 is 10.0 Å². The molecular weight excluding hydrogens is 618 g/mol. The second-order valence-corrected chi connectivity index (χ2v) is 18.7. The van der Waals surface area contributed by atoms with E-state index in [1.54, 1.807) is 38.3 Å². The van der Waals surface area contributed by atoms with Crippen molar-refractivity contribution in [3.05, 3.63) is 57.4 Å². The van der Waals surface area contributed by atoms with Gasteiger partial charge in [0, 0.05) is 32.7 Å². The van der Waals surface area contributed by atoms with E-state index >= 15 is 0 Å². The third-order valence-corrected chi connectivity index (χ3v) is 14.6. The highest BCUT2D eigenvalue weighted by Crippen LogP contribution is 2.66. The lowest BCUT2D eigenvalue weighted by molar-refractivity contribution is -0.189. The van der Waals surface area contributed by atoms with Crippen molar-refractivity contribution in [1.29, 1.82) is 0 Å². The van der Waals surface area contributed by atoms with Crippen LogP contribution in [0.5, 0.6) is 0 Å². The zero-order chi connectivity index (χ0) is 34.7. The molecule has 2 aliphatic heterocycles. The number of esters is 2. The summed E-state index contributed by atoms with van der Waals surface area (Å²) in [6.45, 7) is 16.1. The van der Waals surface area contributed by atoms with Crippen LogP contribution in [0.2, 0.25) is 0 Å². The number of ether oxygens (including phenoxy) is 3. The third kappa shape index (κ3) is 5.81. The van der Waals surface area contributed by atoms with Crippen molar-refractivity contribution < 1.29 is 28.6 Å². The van der Waals surface area contributed by atoms with Crippen LogP contribution in [-0.2, 0) is 42.6 Å². The van der Waals surface area contributed by atoms with Crippen LogP contribution in [0.15, 0.2) is 40.0 Å². The van der Waals surface area contributed by atoms with Crippen LogP contribution < -0.4 is 10.9 Å². The highest BCUT2D eigenvalue weighted by molar-refractivity contribution is 8.33. The first-order valence-corrected chi connectivity index (χ1v) is 18.6. The smallest absolute Gasteiger partial charge is 0.407 e. The number of hydrogen-bond donors (Lipinski definition) is 1. The largest absolute Gasteiger partial charge is 0.457 e. The summed E-state index contributed by atoms with van der Waals surface area (Å²) in [7, 11) is -1.46. The Labute approximate surface area is 277 Å². The Morgan fingerprint density at radius 3 is 2.43 bits per heavy atom. The molecule has 0 bridgehead atoms. The summed E-state index contributed by atoms with van der Waals surface area (Å²) in [5.41, 5.74) is 0.929. The lowest BCUT2D eigenvalue weighted by atomic mass is 9.85. The number of carbonyl (C=O) groups is 3. The number of para-hydroxylation sites is 1. The molecule has 11 heteroatoms. The SMILES string of the molecule is CC[C@@]1(OC(=O)CCNC(=O)OC(C)(C)C)C(=O)OCc2c1cc1n(c2=O)Cc2c-1nc1ccccc1c2S(C)(C)C(C)(C)C(C)C. The Hall–Kier alpha value is -3.86. The molecule has 0 saturated heterocycles. The van der Waals surface area contributed by atoms with Gasteiger partial charge in [0.05, 0.1) is 35.4 Å². The van der Waals surface area contributed by atoms with Gasteiger partial charge in [-0.05, 0) is 57.8 Å². The summed E-state index contributed by atoms with van der Waals surface area (Å²) < 4.78 is 18.3. The van der Waals surface area contributed by atoms with E-state index in [1.807, 2.05) is 18.2 Å². The highest BCUT2D eigenvalue weighted by Gasteiger charge is 2.51. The monoisotopic (exact) mass is 665 g/mol. The first-order valence-electron chi connectivity index (χ1n) is 16.1. The molecule has 1 amide bonds. The van der Waals surface area contributed by atoms with E-state index in [2.05, 4.69) is 51.6 Å². The predicted octanol–water partition coefficient (Wildman–Crippen LogP) is 6.40. The minimum atomic E-state index is -1.82. The maximum absolute atomic E-state index is 14.2. The number of nitrogens with one attached hydrogen (secondary N) is 1. The number of carbonyl (C=O) groups excluding carboxylic acids is 3. The second-order valence-electron chi connectivity index (χ2n) is 14.6. The van der Waals surface area contributed by atoms with Crippen LogP contribution in [0.3, 0.4) is 0 Å². The Bertz CT molecular complexity index is 1840. The molecule has 4 heterocycles. The van der Waals surface area contributed by atoms with Gasteiger partial charge in [0.1, 0.15) is 12.2 Å². The molecule has 1 aromatic carbocycles. The Morgan fingerprint density at radius 1 is 1.11 bits per heavy atom. The summed E-state index contributed by atoms with van der Waals surface area (Å²) >= 11 is 0. The number of rotatable bonds is 8. The van der Waals surface area contributed by atoms with E-state index in [0.29, 0.717) is 29.4 Å². The first-order chi connectivity index (χ1) is 21.9. The molecule has 0 saturated carbocycles. The van der Waals surface area contributed by atoms with Gasteiger partial charge in [-0.1, -0.05) is 52.8 Å². The molecule has 0 fully saturated rings. The van der Waals surface area contributed by atoms with Gasteiger partial charge in [0.25, 0.3) is 5.56 Å². The summed E-state index contributed by atoms with van der Waals surface area (Å²) in [4.78, 5) is 59.3. The molecule has 2 aromatic heterocycles. The summed E-state index contributed by atoms with van der Waals surface area (Å²) in [6.07, 6.45) is 3.86. The molecule has 5 rings (SSSR count). The molecule has 0 spiro atoms. The van der Waals surface area contributed by atoms with Crippen molar-refractivity contribution in [3.63, 3.8) is 0 Å². The molecule has 3 aromatic rings. The van der Waals surface area contributed by atoms with Gasteiger partial charge in [-0.2, -0.15) is 0 Å². The number of benzene rings is 1. The molecule has 10 nitrogen and oxygen atoms in total. The Balaban J connectivity index is 1.60. The fourth-order valence-electron chi connectivity index (χ4n) is 6.41. The van der Waals surface area contributed by atoms with E-state index in [9.17, 15) is 19.2 Å². The van der Waals surface area contributed by atoms with Crippen molar-refractivity contribution in [1.82, 2.24) is 14.9 Å². The van der Waals surface area contributed by atoms with E-state index in [-0.39, 0.29) is 41.9 Å². The number of aromatic nitrogens is 2. The van der Waals surface area contributed by atoms with Gasteiger partial charge in [0.2, 0.25) is 5.60 Å². The summed E-state index contributed by atoms with van der Waals surface area (Å²) in [5.74, 6) is -1.06. The Kier molecular flexibility index (Phi) is 8.79. The first kappa shape index (κ1) is 34.5. The lowest BCUT2D eigenvalue weighted by Gasteiger charge is -2.51. The van der Waals surface area contributed by atoms with Crippen LogP contribution in [0.1, 0.15) is 84.9 Å². The molecular formula is C36H47N3O7S. The van der Waals surface area contributed by atoms with Crippen molar-refractivity contribution in [2.45, 2.75) is 102 Å². The van der Waals surface area contributed by atoms with E-state index in [0.717, 1.165) is 16.5 Å². The molecule has 254 valence electrons. The number of hydrogen-bond acceptors (Lipinski definition) is 8. The summed E-state index contributed by atoms with van der Waals surface area (Å²) in [6, 6.07) is 9.90. The van der Waals surface area contributed by atoms with Crippen LogP contribution in [0.4, 0.5) is 4.79 Å². The van der Waals surface area contributed by atoms with Crippen LogP contribution in [-0.4, -0.2) is 57.0 Å². The van der Waals surface area contributed by atoms with Gasteiger partial charge in [-0.3, -0.25) is 9.59 Å². The zero-order valence-electron chi connectivity index (χ0n) is 29.2. The number of alkyl carbamates (subject to hydrolysis) is 1. The number of cyclic esters (lactones) is 1. The average molecular weight is 666 g/mol. The minimum absolute atomic E-state index is 0.0337.